The molecule has 1 amide bonds. The Kier molecular flexibility index (Phi) is 5.89. The van der Waals surface area contributed by atoms with Gasteiger partial charge in [0.1, 0.15) is 0 Å². The van der Waals surface area contributed by atoms with E-state index in [2.05, 4.69) is 27.0 Å². The quantitative estimate of drug-likeness (QED) is 0.917. The highest BCUT2D eigenvalue weighted by molar-refractivity contribution is 7.13. The molecule has 1 aliphatic heterocycles. The number of carbonyl (C=O) groups excluding carboxylic acids is 1. The van der Waals surface area contributed by atoms with Crippen molar-refractivity contribution in [3.05, 3.63) is 11.6 Å². The van der Waals surface area contributed by atoms with Gasteiger partial charge >= 0.3 is 0 Å². The molecule has 1 aliphatic carbocycles. The van der Waals surface area contributed by atoms with E-state index in [1.807, 2.05) is 11.6 Å². The minimum absolute atomic E-state index is 0.201. The SMILES string of the molecule is CC1CCC(NC(=O)CN2CCCN(c3nccs3)CC2)CC1. The van der Waals surface area contributed by atoms with Crippen LogP contribution >= 0.6 is 11.3 Å². The second-order valence-corrected chi connectivity index (χ2v) is 7.83. The number of nitrogens with zero attached hydrogens (tertiary/aromatic N) is 3. The minimum Gasteiger partial charge on any atom is -0.352 e. The molecular formula is C17H28N4OS. The Morgan fingerprint density at radius 3 is 2.83 bits per heavy atom. The molecule has 1 aromatic heterocycles. The van der Waals surface area contributed by atoms with Crippen molar-refractivity contribution >= 4 is 22.4 Å². The van der Waals surface area contributed by atoms with Crippen molar-refractivity contribution in [1.82, 2.24) is 15.2 Å². The van der Waals surface area contributed by atoms with Crippen LogP contribution in [0.3, 0.4) is 0 Å². The Labute approximate surface area is 143 Å². The first-order valence-corrected chi connectivity index (χ1v) is 9.75. The van der Waals surface area contributed by atoms with Gasteiger partial charge in [-0.1, -0.05) is 6.92 Å². The topological polar surface area (TPSA) is 48.5 Å². The largest absolute Gasteiger partial charge is 0.352 e. The Balaban J connectivity index is 1.42. The number of amides is 1. The van der Waals surface area contributed by atoms with Crippen molar-refractivity contribution in [2.45, 2.75) is 45.1 Å². The third-order valence-corrected chi connectivity index (χ3v) is 5.86. The molecule has 1 N–H and O–H groups in total. The third kappa shape index (κ3) is 4.91. The van der Waals surface area contributed by atoms with Crippen molar-refractivity contribution in [2.75, 3.05) is 37.6 Å². The summed E-state index contributed by atoms with van der Waals surface area (Å²) in [5, 5.41) is 6.37. The molecule has 0 atom stereocenters. The highest BCUT2D eigenvalue weighted by atomic mass is 32.1. The van der Waals surface area contributed by atoms with E-state index in [1.54, 1.807) is 11.3 Å². The summed E-state index contributed by atoms with van der Waals surface area (Å²) in [6.07, 6.45) is 7.74. The monoisotopic (exact) mass is 336 g/mol. The van der Waals surface area contributed by atoms with E-state index >= 15 is 0 Å². The zero-order chi connectivity index (χ0) is 16.1. The van der Waals surface area contributed by atoms with E-state index < -0.39 is 0 Å². The highest BCUT2D eigenvalue weighted by Crippen LogP contribution is 2.23. The van der Waals surface area contributed by atoms with E-state index in [1.165, 1.54) is 12.8 Å². The van der Waals surface area contributed by atoms with Crippen molar-refractivity contribution in [3.63, 3.8) is 0 Å². The average molecular weight is 337 g/mol. The van der Waals surface area contributed by atoms with Crippen LogP contribution < -0.4 is 10.2 Å². The number of nitrogens with one attached hydrogen (secondary N) is 1. The summed E-state index contributed by atoms with van der Waals surface area (Å²) in [6, 6.07) is 0.400. The molecular weight excluding hydrogens is 308 g/mol. The van der Waals surface area contributed by atoms with Gasteiger partial charge in [0.2, 0.25) is 5.91 Å². The molecule has 0 bridgehead atoms. The smallest absolute Gasteiger partial charge is 0.234 e. The molecule has 0 spiro atoms. The molecule has 1 saturated heterocycles. The standard InChI is InChI=1S/C17H28N4OS/c1-14-3-5-15(6-4-14)19-16(22)13-20-8-2-9-21(11-10-20)17-18-7-12-23-17/h7,12,14-15H,2-6,8-11,13H2,1H3,(H,19,22). The minimum atomic E-state index is 0.201. The third-order valence-electron chi connectivity index (χ3n) is 5.03. The molecule has 2 fully saturated rings. The van der Waals surface area contributed by atoms with Gasteiger partial charge in [0.15, 0.2) is 5.13 Å². The number of hydrogen-bond acceptors (Lipinski definition) is 5. The Bertz CT molecular complexity index is 485. The molecule has 0 aromatic carbocycles. The van der Waals surface area contributed by atoms with Crippen LogP contribution in [0.1, 0.15) is 39.0 Å². The molecule has 2 heterocycles. The maximum atomic E-state index is 12.3. The summed E-state index contributed by atoms with van der Waals surface area (Å²) in [5.74, 6) is 1.03. The zero-order valence-corrected chi connectivity index (χ0v) is 14.9. The van der Waals surface area contributed by atoms with Crippen molar-refractivity contribution in [3.8, 4) is 0 Å². The van der Waals surface area contributed by atoms with E-state index in [-0.39, 0.29) is 5.91 Å². The fourth-order valence-corrected chi connectivity index (χ4v) is 4.27. The summed E-state index contributed by atoms with van der Waals surface area (Å²) in [4.78, 5) is 21.3. The molecule has 128 valence electrons. The molecule has 6 heteroatoms. The predicted octanol–water partition coefficient (Wildman–Crippen LogP) is 2.35. The van der Waals surface area contributed by atoms with Gasteiger partial charge in [-0.3, -0.25) is 9.69 Å². The lowest BCUT2D eigenvalue weighted by Crippen LogP contribution is -2.44. The number of rotatable bonds is 4. The lowest BCUT2D eigenvalue weighted by Gasteiger charge is -2.28. The molecule has 0 radical (unpaired) electrons. The highest BCUT2D eigenvalue weighted by Gasteiger charge is 2.22. The lowest BCUT2D eigenvalue weighted by atomic mass is 9.87. The Hall–Kier alpha value is -1.14. The van der Waals surface area contributed by atoms with E-state index in [0.29, 0.717) is 12.6 Å². The van der Waals surface area contributed by atoms with E-state index in [9.17, 15) is 4.79 Å². The molecule has 3 rings (SSSR count). The molecule has 23 heavy (non-hydrogen) atoms. The van der Waals surface area contributed by atoms with Crippen molar-refractivity contribution in [1.29, 1.82) is 0 Å². The first-order chi connectivity index (χ1) is 11.2. The first-order valence-electron chi connectivity index (χ1n) is 8.87. The van der Waals surface area contributed by atoms with Gasteiger partial charge < -0.3 is 10.2 Å². The maximum Gasteiger partial charge on any atom is 0.234 e. The van der Waals surface area contributed by atoms with Gasteiger partial charge in [0.25, 0.3) is 0 Å². The van der Waals surface area contributed by atoms with Crippen LogP contribution in [0.4, 0.5) is 5.13 Å². The molecule has 2 aliphatic rings. The zero-order valence-electron chi connectivity index (χ0n) is 14.0. The normalized spacial score (nSPS) is 26.7. The van der Waals surface area contributed by atoms with Crippen LogP contribution in [-0.4, -0.2) is 54.6 Å². The number of aromatic nitrogens is 1. The number of thiazole rings is 1. The second kappa shape index (κ2) is 8.11. The summed E-state index contributed by atoms with van der Waals surface area (Å²) in [7, 11) is 0. The molecule has 5 nitrogen and oxygen atoms in total. The first kappa shape index (κ1) is 16.7. The van der Waals surface area contributed by atoms with Crippen LogP contribution in [0.2, 0.25) is 0 Å². The van der Waals surface area contributed by atoms with Gasteiger partial charge in [-0.15, -0.1) is 11.3 Å². The van der Waals surface area contributed by atoms with Crippen LogP contribution in [0, 0.1) is 5.92 Å². The molecule has 1 aromatic rings. The average Bonchev–Trinajstić information content (AvgIpc) is 2.97. The van der Waals surface area contributed by atoms with Gasteiger partial charge in [0.05, 0.1) is 6.54 Å². The second-order valence-electron chi connectivity index (χ2n) is 6.96. The summed E-state index contributed by atoms with van der Waals surface area (Å²) < 4.78 is 0. The van der Waals surface area contributed by atoms with Gasteiger partial charge in [-0.25, -0.2) is 4.98 Å². The van der Waals surface area contributed by atoms with Crippen molar-refractivity contribution in [2.24, 2.45) is 5.92 Å². The van der Waals surface area contributed by atoms with Gasteiger partial charge in [-0.05, 0) is 38.0 Å². The molecule has 1 saturated carbocycles. The summed E-state index contributed by atoms with van der Waals surface area (Å²) in [6.45, 7) is 6.78. The summed E-state index contributed by atoms with van der Waals surface area (Å²) >= 11 is 1.69. The van der Waals surface area contributed by atoms with Crippen LogP contribution in [0.15, 0.2) is 11.6 Å². The predicted molar refractivity (Wildman–Crippen MR) is 94.9 cm³/mol. The summed E-state index contributed by atoms with van der Waals surface area (Å²) in [5.41, 5.74) is 0. The van der Waals surface area contributed by atoms with Gasteiger partial charge in [-0.2, -0.15) is 0 Å². The lowest BCUT2D eigenvalue weighted by molar-refractivity contribution is -0.123. The fourth-order valence-electron chi connectivity index (χ4n) is 3.57. The maximum absolute atomic E-state index is 12.3. The van der Waals surface area contributed by atoms with Crippen LogP contribution in [0.25, 0.3) is 0 Å². The van der Waals surface area contributed by atoms with Gasteiger partial charge in [0, 0.05) is 43.8 Å². The van der Waals surface area contributed by atoms with E-state index in [4.69, 9.17) is 0 Å². The van der Waals surface area contributed by atoms with E-state index in [0.717, 1.165) is 56.5 Å². The Morgan fingerprint density at radius 2 is 2.09 bits per heavy atom. The number of anilines is 1. The fraction of sp³-hybridized carbons (Fsp3) is 0.765. The van der Waals surface area contributed by atoms with Crippen LogP contribution in [-0.2, 0) is 4.79 Å². The van der Waals surface area contributed by atoms with Crippen molar-refractivity contribution < 1.29 is 4.79 Å². The molecule has 0 unspecified atom stereocenters. The number of hydrogen-bond donors (Lipinski definition) is 1. The van der Waals surface area contributed by atoms with Crippen LogP contribution in [0.5, 0.6) is 0 Å². The Morgan fingerprint density at radius 1 is 1.26 bits per heavy atom. The number of carbonyl (C=O) groups is 1.